The average Bonchev–Trinajstić information content (AvgIpc) is 2.87. The molecule has 1 amide bonds. The molecule has 0 saturated heterocycles. The van der Waals surface area contributed by atoms with E-state index in [1.807, 2.05) is 0 Å². The van der Waals surface area contributed by atoms with E-state index in [0.717, 1.165) is 18.2 Å². The van der Waals surface area contributed by atoms with Crippen molar-refractivity contribution in [2.45, 2.75) is 44.6 Å². The Labute approximate surface area is 128 Å². The Morgan fingerprint density at radius 1 is 1.33 bits per heavy atom. The number of carbonyl (C=O) groups excluding carboxylic acids is 2. The minimum absolute atomic E-state index is 0.100. The summed E-state index contributed by atoms with van der Waals surface area (Å²) in [6, 6.07) is 0. The number of amides is 1. The second-order valence-electron chi connectivity index (χ2n) is 4.83. The molecule has 21 heavy (non-hydrogen) atoms. The van der Waals surface area contributed by atoms with Crippen LogP contribution in [0.3, 0.4) is 0 Å². The van der Waals surface area contributed by atoms with Gasteiger partial charge < -0.3 is 14.5 Å². The van der Waals surface area contributed by atoms with Gasteiger partial charge in [-0.05, 0) is 26.2 Å². The fraction of sp³-hybridized carbons (Fsp3) is 0.692. The highest BCUT2D eigenvalue weighted by molar-refractivity contribution is 8.00. The van der Waals surface area contributed by atoms with Gasteiger partial charge in [-0.1, -0.05) is 30.7 Å². The molecule has 8 heteroatoms. The maximum atomic E-state index is 11.9. The molecule has 1 atom stereocenters. The smallest absolute Gasteiger partial charge is 0.396 e. The van der Waals surface area contributed by atoms with E-state index >= 15 is 0 Å². The van der Waals surface area contributed by atoms with Crippen LogP contribution in [0.5, 0.6) is 0 Å². The molecule has 0 fully saturated rings. The van der Waals surface area contributed by atoms with Crippen molar-refractivity contribution in [3.63, 3.8) is 0 Å². The molecule has 1 N–H and O–H groups in total. The van der Waals surface area contributed by atoms with Crippen molar-refractivity contribution in [1.29, 1.82) is 0 Å². The Balaban J connectivity index is 2.45. The summed E-state index contributed by atoms with van der Waals surface area (Å²) >= 11 is 1.11. The van der Waals surface area contributed by atoms with Crippen LogP contribution in [0.1, 0.15) is 44.8 Å². The van der Waals surface area contributed by atoms with Crippen LogP contribution in [0, 0.1) is 5.92 Å². The lowest BCUT2D eigenvalue weighted by Crippen LogP contribution is -2.32. The molecule has 0 radical (unpaired) electrons. The third-order valence-electron chi connectivity index (χ3n) is 2.52. The minimum atomic E-state index is -0.661. The number of aromatic nitrogens is 2. The average molecular weight is 315 g/mol. The van der Waals surface area contributed by atoms with E-state index < -0.39 is 5.97 Å². The van der Waals surface area contributed by atoms with Crippen molar-refractivity contribution in [2.75, 3.05) is 13.2 Å². The summed E-state index contributed by atoms with van der Waals surface area (Å²) in [5.74, 6) is -0.425. The highest BCUT2D eigenvalue weighted by Gasteiger charge is 2.20. The first-order valence-electron chi connectivity index (χ1n) is 6.89. The SMILES string of the molecule is CCOC(=O)c1nnc(SC(C)C(=O)NCCC(C)C)o1. The van der Waals surface area contributed by atoms with E-state index in [-0.39, 0.29) is 28.9 Å². The van der Waals surface area contributed by atoms with Gasteiger partial charge >= 0.3 is 11.9 Å². The van der Waals surface area contributed by atoms with Crippen LogP contribution in [0.4, 0.5) is 0 Å². The number of thioether (sulfide) groups is 1. The van der Waals surface area contributed by atoms with Gasteiger partial charge in [0.15, 0.2) is 0 Å². The molecule has 118 valence electrons. The summed E-state index contributed by atoms with van der Waals surface area (Å²) in [7, 11) is 0. The van der Waals surface area contributed by atoms with Crippen molar-refractivity contribution in [3.05, 3.63) is 5.89 Å². The number of hydrogen-bond donors (Lipinski definition) is 1. The lowest BCUT2D eigenvalue weighted by molar-refractivity contribution is -0.120. The van der Waals surface area contributed by atoms with Gasteiger partial charge in [0.2, 0.25) is 5.91 Å². The number of nitrogens with zero attached hydrogens (tertiary/aromatic N) is 2. The van der Waals surface area contributed by atoms with Gasteiger partial charge in [0.1, 0.15) is 0 Å². The van der Waals surface area contributed by atoms with Gasteiger partial charge in [0, 0.05) is 6.54 Å². The zero-order chi connectivity index (χ0) is 15.8. The maximum Gasteiger partial charge on any atom is 0.396 e. The summed E-state index contributed by atoms with van der Waals surface area (Å²) < 4.78 is 9.89. The predicted octanol–water partition coefficient (Wildman–Crippen LogP) is 1.89. The third-order valence-corrected chi connectivity index (χ3v) is 3.46. The van der Waals surface area contributed by atoms with Gasteiger partial charge in [-0.15, -0.1) is 5.10 Å². The Bertz CT molecular complexity index is 476. The molecular formula is C13H21N3O4S. The number of esters is 1. The number of hydrogen-bond acceptors (Lipinski definition) is 7. The molecule has 0 aliphatic heterocycles. The minimum Gasteiger partial charge on any atom is -0.459 e. The van der Waals surface area contributed by atoms with Crippen LogP contribution in [0.15, 0.2) is 9.64 Å². The first kappa shape index (κ1) is 17.5. The van der Waals surface area contributed by atoms with Crippen LogP contribution in [-0.4, -0.2) is 40.5 Å². The zero-order valence-electron chi connectivity index (χ0n) is 12.7. The lowest BCUT2D eigenvalue weighted by atomic mass is 10.1. The molecule has 0 spiro atoms. The molecule has 0 saturated carbocycles. The van der Waals surface area contributed by atoms with Crippen LogP contribution >= 0.6 is 11.8 Å². The normalized spacial score (nSPS) is 12.2. The van der Waals surface area contributed by atoms with Crippen molar-refractivity contribution in [2.24, 2.45) is 5.92 Å². The second kappa shape index (κ2) is 8.66. The van der Waals surface area contributed by atoms with Crippen molar-refractivity contribution < 1.29 is 18.7 Å². The molecule has 1 heterocycles. The Hall–Kier alpha value is -1.57. The van der Waals surface area contributed by atoms with Crippen LogP contribution in [0.2, 0.25) is 0 Å². The maximum absolute atomic E-state index is 11.9. The van der Waals surface area contributed by atoms with Crippen molar-refractivity contribution in [1.82, 2.24) is 15.5 Å². The summed E-state index contributed by atoms with van der Waals surface area (Å²) in [6.45, 7) is 8.49. The van der Waals surface area contributed by atoms with Crippen LogP contribution in [0.25, 0.3) is 0 Å². The van der Waals surface area contributed by atoms with Gasteiger partial charge in [0.05, 0.1) is 11.9 Å². The fourth-order valence-electron chi connectivity index (χ4n) is 1.37. The van der Waals surface area contributed by atoms with E-state index in [0.29, 0.717) is 12.5 Å². The highest BCUT2D eigenvalue weighted by atomic mass is 32.2. The van der Waals surface area contributed by atoms with Gasteiger partial charge in [-0.25, -0.2) is 4.79 Å². The molecule has 1 rings (SSSR count). The number of nitrogens with one attached hydrogen (secondary N) is 1. The summed E-state index contributed by atoms with van der Waals surface area (Å²) in [5.41, 5.74) is 0. The Morgan fingerprint density at radius 3 is 2.67 bits per heavy atom. The summed E-state index contributed by atoms with van der Waals surface area (Å²) in [5, 5.41) is 9.94. The molecule has 0 aliphatic rings. The first-order valence-corrected chi connectivity index (χ1v) is 7.77. The molecule has 0 bridgehead atoms. The third kappa shape index (κ3) is 6.16. The van der Waals surface area contributed by atoms with E-state index in [1.165, 1.54) is 0 Å². The topological polar surface area (TPSA) is 94.3 Å². The quantitative estimate of drug-likeness (QED) is 0.578. The summed E-state index contributed by atoms with van der Waals surface area (Å²) in [4.78, 5) is 23.2. The monoisotopic (exact) mass is 315 g/mol. The molecular weight excluding hydrogens is 294 g/mol. The zero-order valence-corrected chi connectivity index (χ0v) is 13.5. The molecule has 0 aromatic carbocycles. The predicted molar refractivity (Wildman–Crippen MR) is 78.0 cm³/mol. The Morgan fingerprint density at radius 2 is 2.05 bits per heavy atom. The van der Waals surface area contributed by atoms with Gasteiger partial charge in [-0.3, -0.25) is 4.79 Å². The van der Waals surface area contributed by atoms with Crippen molar-refractivity contribution in [3.8, 4) is 0 Å². The molecule has 7 nitrogen and oxygen atoms in total. The summed E-state index contributed by atoms with van der Waals surface area (Å²) in [6.07, 6.45) is 0.927. The van der Waals surface area contributed by atoms with Crippen LogP contribution < -0.4 is 5.32 Å². The van der Waals surface area contributed by atoms with E-state index in [2.05, 4.69) is 29.4 Å². The number of rotatable bonds is 8. The Kier molecular flexibility index (Phi) is 7.21. The molecule has 1 aromatic heterocycles. The number of ether oxygens (including phenoxy) is 1. The molecule has 1 aromatic rings. The fourth-order valence-corrected chi connectivity index (χ4v) is 2.07. The first-order chi connectivity index (χ1) is 9.93. The van der Waals surface area contributed by atoms with E-state index in [4.69, 9.17) is 9.15 Å². The van der Waals surface area contributed by atoms with Crippen molar-refractivity contribution >= 4 is 23.6 Å². The molecule has 1 unspecified atom stereocenters. The van der Waals surface area contributed by atoms with Gasteiger partial charge in [-0.2, -0.15) is 0 Å². The van der Waals surface area contributed by atoms with E-state index in [1.54, 1.807) is 13.8 Å². The van der Waals surface area contributed by atoms with Crippen LogP contribution in [-0.2, 0) is 9.53 Å². The molecule has 0 aliphatic carbocycles. The highest BCUT2D eigenvalue weighted by Crippen LogP contribution is 2.22. The largest absolute Gasteiger partial charge is 0.459 e. The van der Waals surface area contributed by atoms with Gasteiger partial charge in [0.25, 0.3) is 5.22 Å². The van der Waals surface area contributed by atoms with E-state index in [9.17, 15) is 9.59 Å². The number of carbonyl (C=O) groups is 2. The lowest BCUT2D eigenvalue weighted by Gasteiger charge is -2.10. The second-order valence-corrected chi connectivity index (χ2v) is 6.12. The standard InChI is InChI=1S/C13H21N3O4S/c1-5-19-12(18)11-15-16-13(20-11)21-9(4)10(17)14-7-6-8(2)3/h8-9H,5-7H2,1-4H3,(H,14,17).